The van der Waals surface area contributed by atoms with E-state index in [1.54, 1.807) is 11.3 Å². The highest BCUT2D eigenvalue weighted by atomic mass is 127. The number of allylic oxidation sites excluding steroid dienone is 1. The molecule has 3 aromatic rings. The van der Waals surface area contributed by atoms with E-state index < -0.39 is 6.23 Å². The van der Waals surface area contributed by atoms with E-state index >= 15 is 0 Å². The number of aliphatic hydroxyl groups is 1. The van der Waals surface area contributed by atoms with Crippen molar-refractivity contribution in [3.05, 3.63) is 63.5 Å². The number of aromatic amines is 1. The van der Waals surface area contributed by atoms with E-state index in [1.807, 2.05) is 52.6 Å². The standard InChI is InChI=1S/C28H29IN2O2S3/c1-6-27(4,7-2)28(5)11-10-17-20(36-28)13-19(30-17)24-21-15(25(29)32)8-9-16-22(21)23(35-24)18(12-14(3)34)31-26(16)33/h8-13,26,30-31,33-34H,3,6-7H2,1-2,4-5H3/b18-12-. The van der Waals surface area contributed by atoms with Crippen LogP contribution >= 0.6 is 58.3 Å². The summed E-state index contributed by atoms with van der Waals surface area (Å²) in [6.45, 7) is 13.2. The van der Waals surface area contributed by atoms with Crippen molar-refractivity contribution >= 4 is 84.7 Å². The number of hydrogen-bond acceptors (Lipinski definition) is 6. The average molecular weight is 649 g/mol. The number of nitrogens with one attached hydrogen (secondary N) is 2. The van der Waals surface area contributed by atoms with Crippen LogP contribution in [0.4, 0.5) is 0 Å². The van der Waals surface area contributed by atoms with Crippen LogP contribution in [0.2, 0.25) is 0 Å². The SMILES string of the molecule is C=C(S)/C=C1\NC(O)c2ccc(C(=O)I)c3c(-c4cc5c([nH]4)C=CC(C)(C(C)(CC)CC)S5)sc1c23. The molecule has 0 radical (unpaired) electrons. The van der Waals surface area contributed by atoms with Crippen molar-refractivity contribution in [3.8, 4) is 10.6 Å². The summed E-state index contributed by atoms with van der Waals surface area (Å²) in [5.74, 6) is 0. The molecule has 0 amide bonds. The van der Waals surface area contributed by atoms with E-state index in [-0.39, 0.29) is 14.0 Å². The topological polar surface area (TPSA) is 65.1 Å². The molecular formula is C28H29IN2O2S3. The van der Waals surface area contributed by atoms with Gasteiger partial charge in [-0.2, -0.15) is 0 Å². The highest BCUT2D eigenvalue weighted by Gasteiger charge is 2.43. The minimum atomic E-state index is -0.878. The van der Waals surface area contributed by atoms with Crippen LogP contribution in [0.15, 0.2) is 46.7 Å². The Labute approximate surface area is 239 Å². The van der Waals surface area contributed by atoms with E-state index in [0.717, 1.165) is 56.0 Å². The number of aliphatic hydroxyl groups excluding tert-OH is 1. The first kappa shape index (κ1) is 26.2. The van der Waals surface area contributed by atoms with Gasteiger partial charge in [-0.15, -0.1) is 35.7 Å². The molecule has 5 rings (SSSR count). The predicted octanol–water partition coefficient (Wildman–Crippen LogP) is 8.55. The zero-order valence-corrected chi connectivity index (χ0v) is 25.3. The summed E-state index contributed by atoms with van der Waals surface area (Å²) in [7, 11) is 0. The first-order chi connectivity index (χ1) is 17.0. The van der Waals surface area contributed by atoms with Crippen LogP contribution in [0.1, 0.15) is 73.3 Å². The quantitative estimate of drug-likeness (QED) is 0.123. The van der Waals surface area contributed by atoms with E-state index in [0.29, 0.717) is 10.5 Å². The zero-order chi connectivity index (χ0) is 26.0. The molecule has 2 aliphatic heterocycles. The van der Waals surface area contributed by atoms with Gasteiger partial charge in [0, 0.05) is 54.1 Å². The summed E-state index contributed by atoms with van der Waals surface area (Å²) >= 11 is 9.75. The number of carbonyl (C=O) groups excluding carboxylic acids is 1. The van der Waals surface area contributed by atoms with Gasteiger partial charge in [-0.05, 0) is 54.4 Å². The lowest BCUT2D eigenvalue weighted by Gasteiger charge is -2.45. The maximum atomic E-state index is 12.7. The Hall–Kier alpha value is -1.46. The second-order valence-corrected chi connectivity index (χ2v) is 13.9. The fourth-order valence-corrected chi connectivity index (χ4v) is 8.60. The first-order valence-electron chi connectivity index (χ1n) is 12.0. The predicted molar refractivity (Wildman–Crippen MR) is 166 cm³/mol. The van der Waals surface area contributed by atoms with Gasteiger partial charge in [-0.25, -0.2) is 0 Å². The number of halogens is 1. The monoisotopic (exact) mass is 648 g/mol. The van der Waals surface area contributed by atoms with Gasteiger partial charge in [0.1, 0.15) is 0 Å². The molecule has 4 heterocycles. The van der Waals surface area contributed by atoms with Gasteiger partial charge in [0.25, 0.3) is 0 Å². The van der Waals surface area contributed by atoms with Crippen molar-refractivity contribution in [3.63, 3.8) is 0 Å². The van der Waals surface area contributed by atoms with Gasteiger partial charge in [0.2, 0.25) is 3.79 Å². The molecule has 0 fully saturated rings. The van der Waals surface area contributed by atoms with Crippen LogP contribution in [-0.4, -0.2) is 18.6 Å². The molecule has 8 heteroatoms. The molecule has 2 atom stereocenters. The summed E-state index contributed by atoms with van der Waals surface area (Å²) in [5.41, 5.74) is 4.43. The number of aromatic nitrogens is 1. The van der Waals surface area contributed by atoms with Crippen molar-refractivity contribution in [2.24, 2.45) is 5.41 Å². The normalized spacial score (nSPS) is 22.1. The number of carbonyl (C=O) groups is 1. The second kappa shape index (κ2) is 9.38. The number of thiol groups is 1. The number of hydrogen-bond donors (Lipinski definition) is 4. The molecule has 2 aromatic heterocycles. The summed E-state index contributed by atoms with van der Waals surface area (Å²) < 4.78 is -0.0381. The maximum absolute atomic E-state index is 12.7. The minimum Gasteiger partial charge on any atom is -0.369 e. The Morgan fingerprint density at radius 2 is 2.03 bits per heavy atom. The fraction of sp³-hybridized carbons (Fsp3) is 0.321. The van der Waals surface area contributed by atoms with Crippen molar-refractivity contribution in [2.75, 3.05) is 0 Å². The molecule has 2 unspecified atom stereocenters. The van der Waals surface area contributed by atoms with Gasteiger partial charge in [-0.3, -0.25) is 4.79 Å². The Kier molecular flexibility index (Phi) is 6.81. The van der Waals surface area contributed by atoms with Crippen LogP contribution in [-0.2, 0) is 0 Å². The molecule has 36 heavy (non-hydrogen) atoms. The Balaban J connectivity index is 1.72. The number of thiophene rings is 1. The number of benzene rings is 1. The lowest BCUT2D eigenvalue weighted by Crippen LogP contribution is -2.39. The third-order valence-corrected chi connectivity index (χ3v) is 11.5. The maximum Gasteiger partial charge on any atom is 0.223 e. The van der Waals surface area contributed by atoms with Gasteiger partial charge in [0.15, 0.2) is 6.23 Å². The highest BCUT2D eigenvalue weighted by Crippen LogP contribution is 2.55. The summed E-state index contributed by atoms with van der Waals surface area (Å²) in [6.07, 6.45) is 7.71. The first-order valence-corrected chi connectivity index (χ1v) is 15.1. The molecule has 4 nitrogen and oxygen atoms in total. The Bertz CT molecular complexity index is 1480. The molecule has 0 spiro atoms. The van der Waals surface area contributed by atoms with Crippen LogP contribution in [0.3, 0.4) is 0 Å². The van der Waals surface area contributed by atoms with Gasteiger partial charge >= 0.3 is 0 Å². The Morgan fingerprint density at radius 3 is 2.67 bits per heavy atom. The highest BCUT2D eigenvalue weighted by molar-refractivity contribution is 14.1. The molecule has 0 bridgehead atoms. The Morgan fingerprint density at radius 1 is 1.31 bits per heavy atom. The molecule has 188 valence electrons. The van der Waals surface area contributed by atoms with Crippen molar-refractivity contribution in [1.82, 2.24) is 10.3 Å². The molecule has 1 aromatic carbocycles. The summed E-state index contributed by atoms with van der Waals surface area (Å²) in [4.78, 5) is 20.1. The largest absolute Gasteiger partial charge is 0.369 e. The molecule has 0 aliphatic carbocycles. The lowest BCUT2D eigenvalue weighted by molar-refractivity contribution is 0.110. The molecule has 0 saturated carbocycles. The molecule has 2 aliphatic rings. The zero-order valence-electron chi connectivity index (χ0n) is 20.7. The number of H-pyrrole nitrogens is 1. The molecule has 3 N–H and O–H groups in total. The van der Waals surface area contributed by atoms with Gasteiger partial charge < -0.3 is 15.4 Å². The molecular weight excluding hydrogens is 619 g/mol. The van der Waals surface area contributed by atoms with Crippen molar-refractivity contribution < 1.29 is 9.90 Å². The molecule has 0 saturated heterocycles. The summed E-state index contributed by atoms with van der Waals surface area (Å²) in [5, 5.41) is 15.8. The van der Waals surface area contributed by atoms with Crippen molar-refractivity contribution in [1.29, 1.82) is 0 Å². The van der Waals surface area contributed by atoms with Crippen LogP contribution in [0.25, 0.3) is 33.1 Å². The second-order valence-electron chi connectivity index (χ2n) is 9.85. The summed E-state index contributed by atoms with van der Waals surface area (Å²) in [6, 6.07) is 5.89. The smallest absolute Gasteiger partial charge is 0.223 e. The lowest BCUT2D eigenvalue weighted by atomic mass is 9.72. The van der Waals surface area contributed by atoms with Crippen molar-refractivity contribution in [2.45, 2.75) is 56.4 Å². The van der Waals surface area contributed by atoms with Gasteiger partial charge in [-0.1, -0.05) is 39.5 Å². The van der Waals surface area contributed by atoms with Crippen LogP contribution in [0.5, 0.6) is 0 Å². The number of thioether (sulfide) groups is 1. The van der Waals surface area contributed by atoms with E-state index in [1.165, 1.54) is 4.90 Å². The van der Waals surface area contributed by atoms with Crippen LogP contribution < -0.4 is 5.32 Å². The van der Waals surface area contributed by atoms with E-state index in [4.69, 9.17) is 0 Å². The number of rotatable bonds is 6. The van der Waals surface area contributed by atoms with E-state index in [9.17, 15) is 9.90 Å². The number of fused-ring (bicyclic) bond motifs is 1. The van der Waals surface area contributed by atoms with E-state index in [2.05, 4.69) is 75.4 Å². The fourth-order valence-electron chi connectivity index (χ4n) is 5.20. The average Bonchev–Trinajstić information content (AvgIpc) is 3.43. The third-order valence-electron chi connectivity index (χ3n) is 7.95. The third kappa shape index (κ3) is 4.04. The minimum absolute atomic E-state index is 0.0120. The van der Waals surface area contributed by atoms with Gasteiger partial charge in [0.05, 0.1) is 26.8 Å². The van der Waals surface area contributed by atoms with Crippen LogP contribution in [0, 0.1) is 5.41 Å².